The van der Waals surface area contributed by atoms with E-state index in [2.05, 4.69) is 5.32 Å². The predicted molar refractivity (Wildman–Crippen MR) is 111 cm³/mol. The fourth-order valence-corrected chi connectivity index (χ4v) is 4.29. The lowest BCUT2D eigenvalue weighted by Gasteiger charge is -2.07. The fourth-order valence-electron chi connectivity index (χ4n) is 2.24. The lowest BCUT2D eigenvalue weighted by atomic mass is 10.1. The number of rotatable bonds is 4. The van der Waals surface area contributed by atoms with Crippen LogP contribution in [0.4, 0.5) is 5.69 Å². The Morgan fingerprint density at radius 2 is 1.72 bits per heavy atom. The Morgan fingerprint density at radius 3 is 2.36 bits per heavy atom. The molecule has 3 aromatic rings. The summed E-state index contributed by atoms with van der Waals surface area (Å²) in [5.74, 6) is -0.186. The number of benzene rings is 2. The maximum atomic E-state index is 12.8. The zero-order valence-corrected chi connectivity index (χ0v) is 16.9. The van der Waals surface area contributed by atoms with Crippen LogP contribution < -0.4 is 5.32 Å². The maximum absolute atomic E-state index is 12.8. The van der Waals surface area contributed by atoms with Crippen molar-refractivity contribution < 1.29 is 4.79 Å². The van der Waals surface area contributed by atoms with E-state index in [1.807, 2.05) is 36.6 Å². The summed E-state index contributed by atoms with van der Waals surface area (Å²) in [5.41, 5.74) is 2.42. The molecule has 0 bridgehead atoms. The summed E-state index contributed by atoms with van der Waals surface area (Å²) in [6.07, 6.45) is 1.98. The van der Waals surface area contributed by atoms with Crippen molar-refractivity contribution >= 4 is 69.5 Å². The number of carbonyl (C=O) groups is 1. The number of nitrogens with one attached hydrogen (secondary N) is 1. The molecular weight excluding hydrogens is 417 g/mol. The van der Waals surface area contributed by atoms with Gasteiger partial charge in [-0.1, -0.05) is 46.9 Å². The predicted octanol–water partition coefficient (Wildman–Crippen LogP) is 7.35. The molecule has 0 atom stereocenters. The molecule has 0 saturated heterocycles. The lowest BCUT2D eigenvalue weighted by Crippen LogP contribution is -2.11. The molecule has 0 fully saturated rings. The number of halogens is 3. The first kappa shape index (κ1) is 18.6. The molecule has 1 N–H and O–H groups in total. The molecule has 2 nitrogen and oxygen atoms in total. The zero-order valence-electron chi connectivity index (χ0n) is 13.0. The lowest BCUT2D eigenvalue weighted by molar-refractivity contribution is 0.103. The molecular formula is C18H12Cl3NOS2. The summed E-state index contributed by atoms with van der Waals surface area (Å²) in [7, 11) is 0. The number of amides is 1. The molecule has 0 aliphatic heterocycles. The van der Waals surface area contributed by atoms with Crippen molar-refractivity contribution in [2.75, 3.05) is 11.6 Å². The van der Waals surface area contributed by atoms with Gasteiger partial charge in [0.15, 0.2) is 0 Å². The minimum absolute atomic E-state index is 0.186. The zero-order chi connectivity index (χ0) is 18.0. The van der Waals surface area contributed by atoms with Gasteiger partial charge in [0.05, 0.1) is 14.3 Å². The van der Waals surface area contributed by atoms with Gasteiger partial charge in [-0.05, 0) is 48.2 Å². The fraction of sp³-hybridized carbons (Fsp3) is 0.0556. The summed E-state index contributed by atoms with van der Waals surface area (Å²) in [6, 6.07) is 14.5. The van der Waals surface area contributed by atoms with Crippen molar-refractivity contribution in [1.82, 2.24) is 0 Å². The van der Waals surface area contributed by atoms with Gasteiger partial charge in [-0.3, -0.25) is 4.79 Å². The second-order valence-corrected chi connectivity index (χ2v) is 8.51. The highest BCUT2D eigenvalue weighted by Gasteiger charge is 2.18. The van der Waals surface area contributed by atoms with Gasteiger partial charge in [0, 0.05) is 16.3 Å². The van der Waals surface area contributed by atoms with E-state index in [-0.39, 0.29) is 5.91 Å². The van der Waals surface area contributed by atoms with E-state index in [4.69, 9.17) is 34.8 Å². The molecule has 25 heavy (non-hydrogen) atoms. The Bertz CT molecular complexity index is 923. The van der Waals surface area contributed by atoms with Gasteiger partial charge in [-0.25, -0.2) is 0 Å². The third-order valence-corrected chi connectivity index (χ3v) is 6.64. The molecule has 1 heterocycles. The van der Waals surface area contributed by atoms with Crippen LogP contribution in [0.15, 0.2) is 52.7 Å². The van der Waals surface area contributed by atoms with Crippen molar-refractivity contribution in [1.29, 1.82) is 0 Å². The summed E-state index contributed by atoms with van der Waals surface area (Å²) in [5, 5.41) is 4.38. The minimum atomic E-state index is -0.186. The Labute approximate surface area is 169 Å². The normalized spacial score (nSPS) is 10.7. The molecule has 0 unspecified atom stereocenters. The highest BCUT2D eigenvalue weighted by atomic mass is 35.5. The molecule has 0 radical (unpaired) electrons. The molecule has 0 aliphatic rings. The van der Waals surface area contributed by atoms with Crippen LogP contribution in [0.3, 0.4) is 0 Å². The topological polar surface area (TPSA) is 29.1 Å². The van der Waals surface area contributed by atoms with Crippen LogP contribution >= 0.6 is 57.9 Å². The van der Waals surface area contributed by atoms with Crippen LogP contribution in [-0.4, -0.2) is 12.2 Å². The SMILES string of the molecule is CSc1cc(-c2ccc(Cl)cc2)c(C(=O)Nc2ccc(Cl)c(Cl)c2)s1. The van der Waals surface area contributed by atoms with Gasteiger partial charge in [0.1, 0.15) is 4.88 Å². The molecule has 2 aromatic carbocycles. The van der Waals surface area contributed by atoms with Gasteiger partial charge < -0.3 is 5.32 Å². The van der Waals surface area contributed by atoms with Crippen molar-refractivity contribution in [2.45, 2.75) is 4.21 Å². The highest BCUT2D eigenvalue weighted by molar-refractivity contribution is 8.00. The van der Waals surface area contributed by atoms with Crippen molar-refractivity contribution in [2.24, 2.45) is 0 Å². The van der Waals surface area contributed by atoms with E-state index in [1.165, 1.54) is 11.3 Å². The van der Waals surface area contributed by atoms with Gasteiger partial charge in [0.25, 0.3) is 5.91 Å². The van der Waals surface area contributed by atoms with Crippen LogP contribution in [0.5, 0.6) is 0 Å². The van der Waals surface area contributed by atoms with Gasteiger partial charge in [0.2, 0.25) is 0 Å². The van der Waals surface area contributed by atoms with Crippen molar-refractivity contribution in [3.8, 4) is 11.1 Å². The van der Waals surface area contributed by atoms with E-state index in [0.717, 1.165) is 15.3 Å². The second kappa shape index (κ2) is 8.02. The van der Waals surface area contributed by atoms with Gasteiger partial charge in [-0.2, -0.15) is 0 Å². The van der Waals surface area contributed by atoms with Crippen LogP contribution in [0, 0.1) is 0 Å². The molecule has 1 amide bonds. The first-order chi connectivity index (χ1) is 12.0. The third kappa shape index (κ3) is 4.33. The van der Waals surface area contributed by atoms with Crippen LogP contribution in [0.25, 0.3) is 11.1 Å². The Kier molecular flexibility index (Phi) is 5.97. The number of thiophene rings is 1. The molecule has 128 valence electrons. The van der Waals surface area contributed by atoms with Crippen LogP contribution in [0.1, 0.15) is 9.67 Å². The molecule has 0 saturated carbocycles. The number of thioether (sulfide) groups is 1. The smallest absolute Gasteiger partial charge is 0.266 e. The minimum Gasteiger partial charge on any atom is -0.321 e. The Hall–Kier alpha value is -1.17. The summed E-state index contributed by atoms with van der Waals surface area (Å²) >= 11 is 21.0. The Balaban J connectivity index is 1.95. The average Bonchev–Trinajstić information content (AvgIpc) is 3.03. The molecule has 0 aliphatic carbocycles. The second-order valence-electron chi connectivity index (χ2n) is 5.10. The van der Waals surface area contributed by atoms with Crippen LogP contribution in [0.2, 0.25) is 15.1 Å². The number of carbonyl (C=O) groups excluding carboxylic acids is 1. The first-order valence-electron chi connectivity index (χ1n) is 7.18. The summed E-state index contributed by atoms with van der Waals surface area (Å²) in [4.78, 5) is 13.4. The average molecular weight is 429 g/mol. The van der Waals surface area contributed by atoms with E-state index in [1.54, 1.807) is 30.0 Å². The highest BCUT2D eigenvalue weighted by Crippen LogP contribution is 2.37. The largest absolute Gasteiger partial charge is 0.321 e. The number of anilines is 1. The quantitative estimate of drug-likeness (QED) is 0.440. The Morgan fingerprint density at radius 1 is 1.00 bits per heavy atom. The summed E-state index contributed by atoms with van der Waals surface area (Å²) in [6.45, 7) is 0. The van der Waals surface area contributed by atoms with Crippen LogP contribution in [-0.2, 0) is 0 Å². The van der Waals surface area contributed by atoms with Crippen molar-refractivity contribution in [3.63, 3.8) is 0 Å². The first-order valence-corrected chi connectivity index (χ1v) is 10.4. The monoisotopic (exact) mass is 427 g/mol. The number of hydrogen-bond acceptors (Lipinski definition) is 3. The number of hydrogen-bond donors (Lipinski definition) is 1. The molecule has 3 rings (SSSR count). The summed E-state index contributed by atoms with van der Waals surface area (Å²) < 4.78 is 1.06. The molecule has 1 aromatic heterocycles. The van der Waals surface area contributed by atoms with E-state index < -0.39 is 0 Å². The standard InChI is InChI=1S/C18H12Cl3NOS2/c1-24-16-9-13(10-2-4-11(19)5-3-10)17(25-16)18(23)22-12-6-7-14(20)15(21)8-12/h2-9H,1H3,(H,22,23). The van der Waals surface area contributed by atoms with Gasteiger partial charge in [-0.15, -0.1) is 23.1 Å². The molecule has 0 spiro atoms. The maximum Gasteiger partial charge on any atom is 0.266 e. The molecule has 7 heteroatoms. The van der Waals surface area contributed by atoms with Crippen molar-refractivity contribution in [3.05, 3.63) is 68.5 Å². The van der Waals surface area contributed by atoms with E-state index in [0.29, 0.717) is 25.6 Å². The van der Waals surface area contributed by atoms with Gasteiger partial charge >= 0.3 is 0 Å². The van der Waals surface area contributed by atoms with E-state index >= 15 is 0 Å². The third-order valence-electron chi connectivity index (χ3n) is 3.45. The van der Waals surface area contributed by atoms with E-state index in [9.17, 15) is 4.79 Å².